The second-order valence-corrected chi connectivity index (χ2v) is 7.10. The van der Waals surface area contributed by atoms with Crippen molar-refractivity contribution in [3.05, 3.63) is 54.1 Å². The average Bonchev–Trinajstić information content (AvgIpc) is 2.74. The Balaban J connectivity index is 0.00000225. The second-order valence-electron chi connectivity index (χ2n) is 7.10. The van der Waals surface area contributed by atoms with Crippen LogP contribution < -0.4 is 9.64 Å². The molecule has 28 heavy (non-hydrogen) atoms. The molecule has 0 unspecified atom stereocenters. The van der Waals surface area contributed by atoms with Crippen LogP contribution in [0.15, 0.2) is 48.5 Å². The summed E-state index contributed by atoms with van der Waals surface area (Å²) in [6.45, 7) is 9.76. The highest BCUT2D eigenvalue weighted by molar-refractivity contribution is 5.98. The van der Waals surface area contributed by atoms with Crippen LogP contribution in [0.2, 0.25) is 0 Å². The Bertz CT molecular complexity index is 928. The fraction of sp³-hybridized carbons (Fsp3) is 0.375. The van der Waals surface area contributed by atoms with E-state index in [2.05, 4.69) is 60.0 Å². The van der Waals surface area contributed by atoms with E-state index in [-0.39, 0.29) is 7.43 Å². The number of hydrogen-bond donors (Lipinski definition) is 0. The number of pyridine rings is 1. The first kappa shape index (κ1) is 20.2. The van der Waals surface area contributed by atoms with Crippen LogP contribution in [0.1, 0.15) is 19.9 Å². The van der Waals surface area contributed by atoms with Gasteiger partial charge in [-0.1, -0.05) is 38.6 Å². The maximum absolute atomic E-state index is 5.31. The molecule has 0 amide bonds. The van der Waals surface area contributed by atoms with Gasteiger partial charge in [0, 0.05) is 37.1 Å². The molecule has 1 aliphatic rings. The van der Waals surface area contributed by atoms with E-state index in [1.165, 1.54) is 16.3 Å². The first-order chi connectivity index (χ1) is 13.2. The van der Waals surface area contributed by atoms with Gasteiger partial charge in [-0.25, -0.2) is 4.98 Å². The molecule has 4 nitrogen and oxygen atoms in total. The molecule has 0 radical (unpaired) electrons. The summed E-state index contributed by atoms with van der Waals surface area (Å²) < 4.78 is 5.31. The lowest BCUT2D eigenvalue weighted by Gasteiger charge is -2.35. The predicted octanol–water partition coefficient (Wildman–Crippen LogP) is 5.00. The van der Waals surface area contributed by atoms with Gasteiger partial charge in [0.1, 0.15) is 11.6 Å². The van der Waals surface area contributed by atoms with E-state index in [0.29, 0.717) is 0 Å². The molecule has 148 valence electrons. The van der Waals surface area contributed by atoms with Gasteiger partial charge in [-0.05, 0) is 48.7 Å². The Morgan fingerprint density at radius 1 is 0.929 bits per heavy atom. The van der Waals surface area contributed by atoms with Crippen molar-refractivity contribution in [2.75, 3.05) is 44.7 Å². The molecular formula is C24H31N3O. The summed E-state index contributed by atoms with van der Waals surface area (Å²) in [6.07, 6.45) is 0. The zero-order valence-electron chi connectivity index (χ0n) is 16.4. The fourth-order valence-corrected chi connectivity index (χ4v) is 3.93. The molecule has 0 spiro atoms. The highest BCUT2D eigenvalue weighted by atomic mass is 16.5. The number of rotatable bonds is 4. The molecule has 4 heteroatoms. The van der Waals surface area contributed by atoms with Crippen molar-refractivity contribution in [1.82, 2.24) is 9.88 Å². The minimum absolute atomic E-state index is 0. The van der Waals surface area contributed by atoms with Crippen LogP contribution in [0.5, 0.6) is 5.75 Å². The van der Waals surface area contributed by atoms with Gasteiger partial charge in [0.25, 0.3) is 0 Å². The van der Waals surface area contributed by atoms with Crippen LogP contribution in [0.3, 0.4) is 0 Å². The summed E-state index contributed by atoms with van der Waals surface area (Å²) in [5, 5.41) is 2.53. The minimum atomic E-state index is 0. The maximum Gasteiger partial charge on any atom is 0.137 e. The summed E-state index contributed by atoms with van der Waals surface area (Å²) in [5.74, 6) is 1.98. The van der Waals surface area contributed by atoms with Gasteiger partial charge in [0.05, 0.1) is 12.8 Å². The molecule has 0 aliphatic carbocycles. The quantitative estimate of drug-likeness (QED) is 0.640. The first-order valence-electron chi connectivity index (χ1n) is 9.72. The molecule has 4 rings (SSSR count). The number of fused-ring (bicyclic) bond motifs is 1. The molecule has 1 aliphatic heterocycles. The van der Waals surface area contributed by atoms with E-state index >= 15 is 0 Å². The zero-order chi connectivity index (χ0) is 18.8. The van der Waals surface area contributed by atoms with Gasteiger partial charge in [-0.3, -0.25) is 0 Å². The van der Waals surface area contributed by atoms with Crippen molar-refractivity contribution in [2.24, 2.45) is 0 Å². The molecular weight excluding hydrogens is 346 g/mol. The summed E-state index contributed by atoms with van der Waals surface area (Å²) in [4.78, 5) is 10.1. The van der Waals surface area contributed by atoms with Crippen molar-refractivity contribution >= 4 is 16.6 Å². The van der Waals surface area contributed by atoms with E-state index in [1.54, 1.807) is 7.11 Å². The molecule has 0 bridgehead atoms. The van der Waals surface area contributed by atoms with Gasteiger partial charge < -0.3 is 14.5 Å². The molecule has 2 heterocycles. The minimum Gasteiger partial charge on any atom is -0.497 e. The van der Waals surface area contributed by atoms with Crippen LogP contribution in [0.25, 0.3) is 22.0 Å². The normalized spacial score (nSPS) is 14.8. The maximum atomic E-state index is 5.31. The van der Waals surface area contributed by atoms with Crippen LogP contribution in [-0.2, 0) is 0 Å². The Morgan fingerprint density at radius 2 is 1.57 bits per heavy atom. The molecule has 0 N–H and O–H groups in total. The Hall–Kier alpha value is -2.59. The van der Waals surface area contributed by atoms with E-state index in [1.807, 2.05) is 12.1 Å². The smallest absolute Gasteiger partial charge is 0.137 e. The summed E-state index contributed by atoms with van der Waals surface area (Å²) in [6, 6.07) is 16.9. The zero-order valence-corrected chi connectivity index (χ0v) is 16.4. The Kier molecular flexibility index (Phi) is 6.20. The number of nitrogens with zero attached hydrogens (tertiary/aromatic N) is 3. The number of anilines is 1. The van der Waals surface area contributed by atoms with Crippen LogP contribution in [0.4, 0.5) is 5.82 Å². The van der Waals surface area contributed by atoms with Gasteiger partial charge in [0.15, 0.2) is 0 Å². The summed E-state index contributed by atoms with van der Waals surface area (Å²) >= 11 is 0. The van der Waals surface area contributed by atoms with Gasteiger partial charge in [0.2, 0.25) is 0 Å². The Morgan fingerprint density at radius 3 is 2.18 bits per heavy atom. The van der Waals surface area contributed by atoms with E-state index in [9.17, 15) is 0 Å². The summed E-state index contributed by atoms with van der Waals surface area (Å²) in [7, 11) is 1.70. The number of ether oxygens (including phenoxy) is 1. The van der Waals surface area contributed by atoms with Crippen molar-refractivity contribution in [3.63, 3.8) is 0 Å². The number of methoxy groups -OCH3 is 1. The van der Waals surface area contributed by atoms with Gasteiger partial charge >= 0.3 is 0 Å². The molecule has 3 aromatic rings. The Labute approximate surface area is 168 Å². The topological polar surface area (TPSA) is 28.6 Å². The van der Waals surface area contributed by atoms with Crippen molar-refractivity contribution in [1.29, 1.82) is 0 Å². The number of likely N-dealkylation sites (N-methyl/N-ethyl adjacent to an activating group) is 1. The average molecular weight is 378 g/mol. The fourth-order valence-electron chi connectivity index (χ4n) is 3.93. The third-order valence-electron chi connectivity index (χ3n) is 5.63. The highest BCUT2D eigenvalue weighted by Gasteiger charge is 2.21. The van der Waals surface area contributed by atoms with E-state index in [0.717, 1.165) is 55.5 Å². The van der Waals surface area contributed by atoms with Crippen LogP contribution in [0, 0.1) is 6.92 Å². The second kappa shape index (κ2) is 8.61. The number of hydrogen-bond acceptors (Lipinski definition) is 4. The molecule has 0 saturated carbocycles. The number of benzene rings is 2. The molecule has 1 saturated heterocycles. The molecule has 1 fully saturated rings. The lowest BCUT2D eigenvalue weighted by Crippen LogP contribution is -2.46. The van der Waals surface area contributed by atoms with E-state index in [4.69, 9.17) is 9.72 Å². The van der Waals surface area contributed by atoms with Gasteiger partial charge in [-0.2, -0.15) is 0 Å². The van der Waals surface area contributed by atoms with Crippen molar-refractivity contribution in [3.8, 4) is 17.0 Å². The predicted molar refractivity (Wildman–Crippen MR) is 120 cm³/mol. The summed E-state index contributed by atoms with van der Waals surface area (Å²) in [5.41, 5.74) is 3.42. The monoisotopic (exact) mass is 377 g/mol. The standard InChI is InChI=1S/C23H27N3O.CH4/c1-4-25-13-15-26(16-14-25)23-21-8-6-5-7-20(21)17(2)22(24-23)18-9-11-19(27-3)12-10-18;/h5-12H,4,13-16H2,1-3H3;1H4. The third kappa shape index (κ3) is 3.69. The van der Waals surface area contributed by atoms with Crippen LogP contribution >= 0.6 is 0 Å². The first-order valence-corrected chi connectivity index (χ1v) is 9.72. The van der Waals surface area contributed by atoms with Crippen molar-refractivity contribution < 1.29 is 4.74 Å². The molecule has 1 aromatic heterocycles. The molecule has 0 atom stereocenters. The lowest BCUT2D eigenvalue weighted by atomic mass is 10.00. The largest absolute Gasteiger partial charge is 0.497 e. The highest BCUT2D eigenvalue weighted by Crippen LogP contribution is 2.34. The third-order valence-corrected chi connectivity index (χ3v) is 5.63. The van der Waals surface area contributed by atoms with Gasteiger partial charge in [-0.15, -0.1) is 0 Å². The number of aromatic nitrogens is 1. The number of piperazine rings is 1. The lowest BCUT2D eigenvalue weighted by molar-refractivity contribution is 0.271. The van der Waals surface area contributed by atoms with E-state index < -0.39 is 0 Å². The number of aryl methyl sites for hydroxylation is 1. The van der Waals surface area contributed by atoms with Crippen LogP contribution in [-0.4, -0.2) is 49.7 Å². The van der Waals surface area contributed by atoms with Crippen molar-refractivity contribution in [2.45, 2.75) is 21.3 Å². The molecule has 2 aromatic carbocycles. The SMILES string of the molecule is C.CCN1CCN(c2nc(-c3ccc(OC)cc3)c(C)c3ccccc23)CC1.